The summed E-state index contributed by atoms with van der Waals surface area (Å²) in [4.78, 5) is 11.9. The lowest BCUT2D eigenvalue weighted by Crippen LogP contribution is -2.25. The van der Waals surface area contributed by atoms with Gasteiger partial charge in [0.1, 0.15) is 5.82 Å². The lowest BCUT2D eigenvalue weighted by atomic mass is 10.0. The van der Waals surface area contributed by atoms with Gasteiger partial charge in [-0.15, -0.1) is 0 Å². The molecule has 2 aliphatic rings. The van der Waals surface area contributed by atoms with E-state index >= 15 is 0 Å². The van der Waals surface area contributed by atoms with Crippen molar-refractivity contribution in [3.8, 4) is 5.88 Å². The van der Waals surface area contributed by atoms with E-state index in [1.165, 1.54) is 54.9 Å². The Bertz CT molecular complexity index is 707. The first-order chi connectivity index (χ1) is 11.8. The Balaban J connectivity index is 1.55. The number of imidazole rings is 1. The molecule has 0 amide bonds. The fraction of sp³-hybridized carbons (Fsp3) is 0.579. The van der Waals surface area contributed by atoms with Gasteiger partial charge in [0.05, 0.1) is 18.8 Å². The number of hydrogen-bond acceptors (Lipinski definition) is 4. The maximum atomic E-state index is 5.15. The minimum Gasteiger partial charge on any atom is -0.481 e. The fourth-order valence-corrected chi connectivity index (χ4v) is 4.17. The van der Waals surface area contributed by atoms with Crippen LogP contribution in [0.15, 0.2) is 18.3 Å². The molecule has 1 atom stereocenters. The van der Waals surface area contributed by atoms with Gasteiger partial charge >= 0.3 is 0 Å². The van der Waals surface area contributed by atoms with Crippen LogP contribution in [-0.4, -0.2) is 33.1 Å². The smallest absolute Gasteiger partial charge is 0.212 e. The van der Waals surface area contributed by atoms with Crippen LogP contribution in [0.3, 0.4) is 0 Å². The quantitative estimate of drug-likeness (QED) is 0.866. The molecule has 1 aliphatic heterocycles. The van der Waals surface area contributed by atoms with Crippen molar-refractivity contribution in [2.45, 2.75) is 51.1 Å². The van der Waals surface area contributed by atoms with Crippen molar-refractivity contribution >= 4 is 0 Å². The first-order valence-corrected chi connectivity index (χ1v) is 9.03. The third-order valence-corrected chi connectivity index (χ3v) is 5.46. The molecule has 0 spiro atoms. The zero-order valence-corrected chi connectivity index (χ0v) is 14.7. The number of aromatic nitrogens is 3. The molecule has 0 radical (unpaired) electrons. The average Bonchev–Trinajstić information content (AvgIpc) is 3.20. The van der Waals surface area contributed by atoms with E-state index in [-0.39, 0.29) is 0 Å². The molecule has 5 heteroatoms. The molecule has 128 valence electrons. The van der Waals surface area contributed by atoms with Crippen molar-refractivity contribution in [3.63, 3.8) is 0 Å². The molecule has 2 aromatic rings. The molecule has 0 saturated carbocycles. The summed E-state index contributed by atoms with van der Waals surface area (Å²) in [5.74, 6) is 1.94. The summed E-state index contributed by atoms with van der Waals surface area (Å²) < 4.78 is 7.53. The standard InChI is InChI=1S/C19H26N4O/c1-22-16-7-4-3-6-15(16)21-19(22)17-8-5-11-23(17)13-14-9-10-18(24-2)20-12-14/h9-10,12,17H,3-8,11,13H2,1-2H3/t17-/m0/s1. The Kier molecular flexibility index (Phi) is 4.27. The minimum atomic E-state index is 0.433. The maximum Gasteiger partial charge on any atom is 0.212 e. The van der Waals surface area contributed by atoms with Crippen LogP contribution in [0.5, 0.6) is 5.88 Å². The van der Waals surface area contributed by atoms with Crippen LogP contribution in [0, 0.1) is 0 Å². The summed E-state index contributed by atoms with van der Waals surface area (Å²) >= 11 is 0. The third kappa shape index (κ3) is 2.81. The van der Waals surface area contributed by atoms with E-state index in [9.17, 15) is 0 Å². The van der Waals surface area contributed by atoms with Crippen molar-refractivity contribution < 1.29 is 4.74 Å². The number of aryl methyl sites for hydroxylation is 1. The van der Waals surface area contributed by atoms with Crippen LogP contribution in [-0.2, 0) is 26.4 Å². The second kappa shape index (κ2) is 6.55. The number of methoxy groups -OCH3 is 1. The first kappa shape index (κ1) is 15.6. The van der Waals surface area contributed by atoms with E-state index in [1.807, 2.05) is 12.3 Å². The van der Waals surface area contributed by atoms with Crippen LogP contribution in [0.4, 0.5) is 0 Å². The van der Waals surface area contributed by atoms with Crippen molar-refractivity contribution in [3.05, 3.63) is 41.1 Å². The number of hydrogen-bond donors (Lipinski definition) is 0. The summed E-state index contributed by atoms with van der Waals surface area (Å²) in [5.41, 5.74) is 4.05. The number of rotatable bonds is 4. The average molecular weight is 326 g/mol. The summed E-state index contributed by atoms with van der Waals surface area (Å²) in [6, 6.07) is 4.49. The Morgan fingerprint density at radius 2 is 2.08 bits per heavy atom. The minimum absolute atomic E-state index is 0.433. The van der Waals surface area contributed by atoms with Gasteiger partial charge in [-0.2, -0.15) is 0 Å². The fourth-order valence-electron chi connectivity index (χ4n) is 4.17. The second-order valence-electron chi connectivity index (χ2n) is 6.97. The first-order valence-electron chi connectivity index (χ1n) is 9.03. The van der Waals surface area contributed by atoms with Crippen molar-refractivity contribution in [2.75, 3.05) is 13.7 Å². The van der Waals surface area contributed by atoms with Crippen LogP contribution >= 0.6 is 0 Å². The van der Waals surface area contributed by atoms with Gasteiger partial charge in [0, 0.05) is 31.5 Å². The number of nitrogens with zero attached hydrogens (tertiary/aromatic N) is 4. The predicted octanol–water partition coefficient (Wildman–Crippen LogP) is 3.04. The lowest BCUT2D eigenvalue weighted by molar-refractivity contribution is 0.236. The summed E-state index contributed by atoms with van der Waals surface area (Å²) in [6.45, 7) is 2.06. The number of ether oxygens (including phenoxy) is 1. The molecule has 3 heterocycles. The maximum absolute atomic E-state index is 5.15. The number of likely N-dealkylation sites (tertiary alicyclic amines) is 1. The largest absolute Gasteiger partial charge is 0.481 e. The highest BCUT2D eigenvalue weighted by Crippen LogP contribution is 2.34. The third-order valence-electron chi connectivity index (χ3n) is 5.46. The SMILES string of the molecule is COc1ccc(CN2CCC[C@H]2c2nc3c(n2C)CCCC3)cn1. The molecule has 1 aliphatic carbocycles. The molecular weight excluding hydrogens is 300 g/mol. The summed E-state index contributed by atoms with van der Waals surface area (Å²) in [5, 5.41) is 0. The zero-order chi connectivity index (χ0) is 16.5. The van der Waals surface area contributed by atoms with Crippen molar-refractivity contribution in [2.24, 2.45) is 7.05 Å². The van der Waals surface area contributed by atoms with Gasteiger partial charge in [0.15, 0.2) is 0 Å². The number of pyridine rings is 1. The Hall–Kier alpha value is -1.88. The van der Waals surface area contributed by atoms with Gasteiger partial charge in [-0.25, -0.2) is 9.97 Å². The van der Waals surface area contributed by atoms with E-state index in [0.29, 0.717) is 11.9 Å². The van der Waals surface area contributed by atoms with Crippen molar-refractivity contribution in [1.29, 1.82) is 0 Å². The van der Waals surface area contributed by atoms with E-state index in [1.54, 1.807) is 7.11 Å². The second-order valence-corrected chi connectivity index (χ2v) is 6.97. The van der Waals surface area contributed by atoms with E-state index in [0.717, 1.165) is 19.5 Å². The molecule has 0 aromatic carbocycles. The normalized spacial score (nSPS) is 21.0. The van der Waals surface area contributed by atoms with Crippen LogP contribution < -0.4 is 4.74 Å². The highest BCUT2D eigenvalue weighted by atomic mass is 16.5. The van der Waals surface area contributed by atoms with E-state index in [4.69, 9.17) is 9.72 Å². The Morgan fingerprint density at radius 3 is 2.83 bits per heavy atom. The van der Waals surface area contributed by atoms with Gasteiger partial charge in [-0.05, 0) is 50.6 Å². The van der Waals surface area contributed by atoms with Gasteiger partial charge in [-0.3, -0.25) is 4.90 Å². The molecule has 0 bridgehead atoms. The van der Waals surface area contributed by atoms with Crippen LogP contribution in [0.1, 0.15) is 54.5 Å². The van der Waals surface area contributed by atoms with Crippen LogP contribution in [0.25, 0.3) is 0 Å². The lowest BCUT2D eigenvalue weighted by Gasteiger charge is -2.24. The monoisotopic (exact) mass is 326 g/mol. The Morgan fingerprint density at radius 1 is 1.21 bits per heavy atom. The van der Waals surface area contributed by atoms with E-state index < -0.39 is 0 Å². The molecular formula is C19H26N4O. The van der Waals surface area contributed by atoms with Gasteiger partial charge in [0.2, 0.25) is 5.88 Å². The summed E-state index contributed by atoms with van der Waals surface area (Å²) in [6.07, 6.45) is 9.30. The molecule has 4 rings (SSSR count). The van der Waals surface area contributed by atoms with Gasteiger partial charge in [-0.1, -0.05) is 6.07 Å². The van der Waals surface area contributed by atoms with Gasteiger partial charge < -0.3 is 9.30 Å². The molecule has 0 N–H and O–H groups in total. The molecule has 24 heavy (non-hydrogen) atoms. The highest BCUT2D eigenvalue weighted by molar-refractivity contribution is 5.23. The van der Waals surface area contributed by atoms with Crippen molar-refractivity contribution in [1.82, 2.24) is 19.4 Å². The molecule has 5 nitrogen and oxygen atoms in total. The zero-order valence-electron chi connectivity index (χ0n) is 14.7. The molecule has 1 saturated heterocycles. The highest BCUT2D eigenvalue weighted by Gasteiger charge is 2.31. The molecule has 2 aromatic heterocycles. The number of fused-ring (bicyclic) bond motifs is 1. The predicted molar refractivity (Wildman–Crippen MR) is 93.0 cm³/mol. The summed E-state index contributed by atoms with van der Waals surface area (Å²) in [7, 11) is 3.86. The van der Waals surface area contributed by atoms with Gasteiger partial charge in [0.25, 0.3) is 0 Å². The topological polar surface area (TPSA) is 43.2 Å². The molecule has 1 fully saturated rings. The molecule has 0 unspecified atom stereocenters. The Labute approximate surface area is 143 Å². The van der Waals surface area contributed by atoms with E-state index in [2.05, 4.69) is 27.6 Å². The van der Waals surface area contributed by atoms with Crippen LogP contribution in [0.2, 0.25) is 0 Å².